The number of carbonyl (C=O) groups excluding carboxylic acids is 1. The second kappa shape index (κ2) is 10.4. The highest BCUT2D eigenvalue weighted by Crippen LogP contribution is 2.29. The molecule has 4 aromatic rings. The Balaban J connectivity index is 1.52. The number of aryl methyl sites for hydroxylation is 1. The number of carbonyl (C=O) groups is 1. The Kier molecular flexibility index (Phi) is 7.41. The molecule has 2 aromatic heterocycles. The number of thiophene rings is 1. The Labute approximate surface area is 206 Å². The molecule has 0 saturated heterocycles. The van der Waals surface area contributed by atoms with Crippen molar-refractivity contribution >= 4 is 62.8 Å². The highest BCUT2D eigenvalue weighted by Gasteiger charge is 2.17. The fourth-order valence-corrected chi connectivity index (χ4v) is 4.97. The summed E-state index contributed by atoms with van der Waals surface area (Å²) in [6.07, 6.45) is 1.62. The van der Waals surface area contributed by atoms with Gasteiger partial charge in [-0.2, -0.15) is 5.10 Å². The van der Waals surface area contributed by atoms with Crippen LogP contribution in [-0.2, 0) is 4.79 Å². The van der Waals surface area contributed by atoms with Crippen molar-refractivity contribution in [3.8, 4) is 17.1 Å². The van der Waals surface area contributed by atoms with Gasteiger partial charge < -0.3 is 0 Å². The second-order valence-electron chi connectivity index (χ2n) is 6.71. The molecule has 10 heteroatoms. The van der Waals surface area contributed by atoms with Crippen LogP contribution < -0.4 is 5.43 Å². The van der Waals surface area contributed by atoms with Crippen molar-refractivity contribution in [2.45, 2.75) is 12.1 Å². The summed E-state index contributed by atoms with van der Waals surface area (Å²) < 4.78 is 2.94. The van der Waals surface area contributed by atoms with E-state index in [2.05, 4.69) is 36.7 Å². The molecule has 2 aromatic carbocycles. The summed E-state index contributed by atoms with van der Waals surface area (Å²) >= 11 is 12.3. The van der Waals surface area contributed by atoms with E-state index in [-0.39, 0.29) is 11.7 Å². The maximum atomic E-state index is 12.3. The van der Waals surface area contributed by atoms with Crippen LogP contribution >= 0.6 is 50.6 Å². The lowest BCUT2D eigenvalue weighted by atomic mass is 10.2. The van der Waals surface area contributed by atoms with Gasteiger partial charge >= 0.3 is 0 Å². The fraction of sp³-hybridized carbons (Fsp3) is 0.0909. The predicted molar refractivity (Wildman–Crippen MR) is 135 cm³/mol. The third kappa shape index (κ3) is 5.66. The number of amides is 1. The molecule has 0 atom stereocenters. The number of hydrazone groups is 1. The molecule has 162 valence electrons. The van der Waals surface area contributed by atoms with Gasteiger partial charge in [-0.1, -0.05) is 41.1 Å². The number of thioether (sulfide) groups is 1. The quantitative estimate of drug-likeness (QED) is 0.176. The SMILES string of the molecule is Cc1ccc(-n2c(SCC(=O)NN=Cc3ccc(Br)s3)nnc2-c2ccc(Cl)cc2)cc1. The van der Waals surface area contributed by atoms with Gasteiger partial charge in [-0.05, 0) is 71.4 Å². The van der Waals surface area contributed by atoms with Crippen molar-refractivity contribution < 1.29 is 4.79 Å². The van der Waals surface area contributed by atoms with Crippen molar-refractivity contribution in [1.29, 1.82) is 0 Å². The van der Waals surface area contributed by atoms with Crippen LogP contribution in [0.1, 0.15) is 10.4 Å². The smallest absolute Gasteiger partial charge is 0.250 e. The monoisotopic (exact) mass is 545 g/mol. The number of halogens is 2. The van der Waals surface area contributed by atoms with E-state index in [1.807, 2.05) is 72.2 Å². The van der Waals surface area contributed by atoms with Crippen LogP contribution in [0.5, 0.6) is 0 Å². The van der Waals surface area contributed by atoms with Crippen LogP contribution in [-0.4, -0.2) is 32.6 Å². The first kappa shape index (κ1) is 22.7. The first-order chi connectivity index (χ1) is 15.5. The number of aromatic nitrogens is 3. The molecule has 4 rings (SSSR count). The van der Waals surface area contributed by atoms with E-state index >= 15 is 0 Å². The predicted octanol–water partition coefficient (Wildman–Crippen LogP) is 5.96. The highest BCUT2D eigenvalue weighted by atomic mass is 79.9. The summed E-state index contributed by atoms with van der Waals surface area (Å²) in [7, 11) is 0. The van der Waals surface area contributed by atoms with Crippen LogP contribution in [0.15, 0.2) is 74.7 Å². The summed E-state index contributed by atoms with van der Waals surface area (Å²) in [5.74, 6) is 0.596. The molecule has 0 aliphatic rings. The lowest BCUT2D eigenvalue weighted by molar-refractivity contribution is -0.118. The molecule has 6 nitrogen and oxygen atoms in total. The van der Waals surface area contributed by atoms with Crippen molar-refractivity contribution in [1.82, 2.24) is 20.2 Å². The molecule has 0 aliphatic carbocycles. The zero-order chi connectivity index (χ0) is 22.5. The minimum absolute atomic E-state index is 0.149. The summed E-state index contributed by atoms with van der Waals surface area (Å²) in [5.41, 5.74) is 5.49. The summed E-state index contributed by atoms with van der Waals surface area (Å²) in [6, 6.07) is 19.3. The van der Waals surface area contributed by atoms with Crippen molar-refractivity contribution in [3.05, 3.63) is 79.9 Å². The van der Waals surface area contributed by atoms with Gasteiger partial charge in [-0.25, -0.2) is 5.43 Å². The Bertz CT molecular complexity index is 1250. The molecule has 32 heavy (non-hydrogen) atoms. The summed E-state index contributed by atoms with van der Waals surface area (Å²) in [6.45, 7) is 2.03. The first-order valence-electron chi connectivity index (χ1n) is 9.48. The first-order valence-corrected chi connectivity index (χ1v) is 12.5. The van der Waals surface area contributed by atoms with Gasteiger partial charge in [-0.15, -0.1) is 21.5 Å². The number of nitrogens with zero attached hydrogens (tertiary/aromatic N) is 4. The number of rotatable bonds is 7. The standard InChI is InChI=1S/C22H17BrClN5OS2/c1-14-2-8-17(9-3-14)29-21(15-4-6-16(24)7-5-15)27-28-22(29)31-13-20(30)26-25-12-18-10-11-19(23)32-18/h2-12H,13H2,1H3,(H,26,30). The second-order valence-corrected chi connectivity index (χ2v) is 10.6. The van der Waals surface area contributed by atoms with E-state index in [1.54, 1.807) is 6.21 Å². The van der Waals surface area contributed by atoms with Crippen molar-refractivity contribution in [2.24, 2.45) is 5.10 Å². The lowest BCUT2D eigenvalue weighted by Gasteiger charge is -2.10. The average molecular weight is 547 g/mol. The van der Waals surface area contributed by atoms with Crippen LogP contribution in [0.25, 0.3) is 17.1 Å². The number of nitrogens with one attached hydrogen (secondary N) is 1. The summed E-state index contributed by atoms with van der Waals surface area (Å²) in [4.78, 5) is 13.2. The molecule has 0 fully saturated rings. The molecule has 2 heterocycles. The Hall–Kier alpha value is -2.46. The number of hydrogen-bond acceptors (Lipinski definition) is 6. The van der Waals surface area contributed by atoms with Crippen LogP contribution in [0.3, 0.4) is 0 Å². The van der Waals surface area contributed by atoms with E-state index in [0.717, 1.165) is 25.5 Å². The van der Waals surface area contributed by atoms with Gasteiger partial charge in [0.05, 0.1) is 15.8 Å². The highest BCUT2D eigenvalue weighted by molar-refractivity contribution is 9.11. The van der Waals surface area contributed by atoms with Crippen LogP contribution in [0, 0.1) is 6.92 Å². The molecule has 1 amide bonds. The van der Waals surface area contributed by atoms with Crippen LogP contribution in [0.4, 0.5) is 0 Å². The third-order valence-corrected chi connectivity index (χ3v) is 7.07. The summed E-state index contributed by atoms with van der Waals surface area (Å²) in [5, 5.41) is 14.0. The molecule has 1 N–H and O–H groups in total. The van der Waals surface area contributed by atoms with E-state index in [4.69, 9.17) is 11.6 Å². The maximum Gasteiger partial charge on any atom is 0.250 e. The Morgan fingerprint density at radius 3 is 2.59 bits per heavy atom. The van der Waals surface area contributed by atoms with Crippen LogP contribution in [0.2, 0.25) is 5.02 Å². The average Bonchev–Trinajstić information content (AvgIpc) is 3.39. The van der Waals surface area contributed by atoms with Gasteiger partial charge in [0.25, 0.3) is 5.91 Å². The zero-order valence-electron chi connectivity index (χ0n) is 16.8. The Morgan fingerprint density at radius 2 is 1.91 bits per heavy atom. The van der Waals surface area contributed by atoms with Gasteiger partial charge in [0.15, 0.2) is 11.0 Å². The largest absolute Gasteiger partial charge is 0.272 e. The lowest BCUT2D eigenvalue weighted by Crippen LogP contribution is -2.19. The number of benzene rings is 2. The minimum Gasteiger partial charge on any atom is -0.272 e. The molecular formula is C22H17BrClN5OS2. The molecule has 0 saturated carbocycles. The van der Waals surface area contributed by atoms with Gasteiger partial charge in [0.1, 0.15) is 0 Å². The van der Waals surface area contributed by atoms with E-state index in [1.165, 1.54) is 23.1 Å². The number of hydrogen-bond donors (Lipinski definition) is 1. The molecule has 0 aliphatic heterocycles. The van der Waals surface area contributed by atoms with E-state index in [0.29, 0.717) is 16.0 Å². The molecule has 0 spiro atoms. The molecule has 0 unspecified atom stereocenters. The van der Waals surface area contributed by atoms with Gasteiger partial charge in [-0.3, -0.25) is 9.36 Å². The third-order valence-electron chi connectivity index (χ3n) is 4.34. The normalized spacial score (nSPS) is 11.2. The minimum atomic E-state index is -0.228. The fourth-order valence-electron chi connectivity index (χ4n) is 2.80. The Morgan fingerprint density at radius 1 is 1.16 bits per heavy atom. The van der Waals surface area contributed by atoms with E-state index in [9.17, 15) is 4.79 Å². The molecule has 0 radical (unpaired) electrons. The van der Waals surface area contributed by atoms with Crippen molar-refractivity contribution in [3.63, 3.8) is 0 Å². The van der Waals surface area contributed by atoms with Gasteiger partial charge in [0, 0.05) is 21.2 Å². The van der Waals surface area contributed by atoms with Crippen molar-refractivity contribution in [2.75, 3.05) is 5.75 Å². The molecular weight excluding hydrogens is 530 g/mol. The topological polar surface area (TPSA) is 72.2 Å². The van der Waals surface area contributed by atoms with Gasteiger partial charge in [0.2, 0.25) is 0 Å². The van der Waals surface area contributed by atoms with E-state index < -0.39 is 0 Å². The zero-order valence-corrected chi connectivity index (χ0v) is 20.8. The maximum absolute atomic E-state index is 12.3. The molecule has 0 bridgehead atoms.